The molecule has 0 aliphatic carbocycles. The first kappa shape index (κ1) is 55.5. The Bertz CT molecular complexity index is 2590. The summed E-state index contributed by atoms with van der Waals surface area (Å²) in [7, 11) is 5.70. The number of methoxy groups -OCH3 is 4. The smallest absolute Gasteiger partial charge is 0.426 e. The molecule has 0 unspecified atom stereocenters. The summed E-state index contributed by atoms with van der Waals surface area (Å²) in [5, 5.41) is 53.7. The predicted octanol–water partition coefficient (Wildman–Crippen LogP) is 7.53. The molecule has 0 heterocycles. The molecule has 4 aromatic carbocycles. The minimum absolute atomic E-state index is 0.0531. The molecule has 68 heavy (non-hydrogen) atoms. The number of nitrogens with one attached hydrogen (secondary N) is 2. The highest BCUT2D eigenvalue weighted by atomic mass is 16.6. The fourth-order valence-corrected chi connectivity index (χ4v) is 5.99. The van der Waals surface area contributed by atoms with E-state index in [0.717, 1.165) is 16.7 Å². The Morgan fingerprint density at radius 3 is 1.56 bits per heavy atom. The van der Waals surface area contributed by atoms with Crippen molar-refractivity contribution >= 4 is 51.9 Å². The summed E-state index contributed by atoms with van der Waals surface area (Å²) >= 11 is 0. The summed E-state index contributed by atoms with van der Waals surface area (Å²) in [6, 6.07) is 18.5. The number of aliphatic hydroxyl groups is 1. The Morgan fingerprint density at radius 1 is 0.662 bits per heavy atom. The maximum atomic E-state index is 12.2. The normalized spacial score (nSPS) is 10.6. The number of aliphatic hydroxyl groups excluding tert-OH is 1. The lowest BCUT2D eigenvalue weighted by Gasteiger charge is -2.12. The van der Waals surface area contributed by atoms with Crippen molar-refractivity contribution in [2.75, 3.05) is 41.5 Å². The third kappa shape index (κ3) is 18.9. The van der Waals surface area contributed by atoms with E-state index in [1.165, 1.54) is 85.4 Å². The Morgan fingerprint density at radius 2 is 1.13 bits per heavy atom. The summed E-state index contributed by atoms with van der Waals surface area (Å²) in [6.45, 7) is 6.54. The topological polar surface area (TPSA) is 306 Å². The van der Waals surface area contributed by atoms with Crippen molar-refractivity contribution in [3.05, 3.63) is 132 Å². The third-order valence-electron chi connectivity index (χ3n) is 9.18. The van der Waals surface area contributed by atoms with Crippen LogP contribution in [0.4, 0.5) is 22.7 Å². The average molecular weight is 942 g/mol. The maximum Gasteiger partial charge on any atom is 0.426 e. The van der Waals surface area contributed by atoms with Gasteiger partial charge in [0.25, 0.3) is 11.4 Å². The van der Waals surface area contributed by atoms with E-state index in [0.29, 0.717) is 43.0 Å². The van der Waals surface area contributed by atoms with Gasteiger partial charge in [0.15, 0.2) is 22.2 Å². The second-order valence-corrected chi connectivity index (χ2v) is 14.4. The van der Waals surface area contributed by atoms with Crippen LogP contribution in [0.5, 0.6) is 23.0 Å². The van der Waals surface area contributed by atoms with E-state index in [-0.39, 0.29) is 88.3 Å². The van der Waals surface area contributed by atoms with Crippen LogP contribution >= 0.6 is 0 Å². The highest BCUT2D eigenvalue weighted by molar-refractivity contribution is 5.99. The number of allylic oxidation sites excluding steroid dienone is 2. The molecule has 0 radical (unpaired) electrons. The number of benzene rings is 4. The van der Waals surface area contributed by atoms with Crippen LogP contribution in [0.25, 0.3) is 4.98 Å². The van der Waals surface area contributed by atoms with E-state index in [2.05, 4.69) is 25.8 Å². The Kier molecular flexibility index (Phi) is 23.1. The van der Waals surface area contributed by atoms with Crippen molar-refractivity contribution in [3.63, 3.8) is 0 Å². The fourth-order valence-electron chi connectivity index (χ4n) is 5.99. The first-order valence-electron chi connectivity index (χ1n) is 20.4. The van der Waals surface area contributed by atoms with Gasteiger partial charge in [-0.3, -0.25) is 44.2 Å². The molecule has 2 amide bonds. The van der Waals surface area contributed by atoms with Crippen molar-refractivity contribution in [2.45, 2.75) is 59.8 Å². The number of rotatable bonds is 21. The molecule has 0 bridgehead atoms. The predicted molar refractivity (Wildman–Crippen MR) is 247 cm³/mol. The van der Waals surface area contributed by atoms with E-state index in [1.807, 2.05) is 24.3 Å². The zero-order valence-electron chi connectivity index (χ0n) is 38.8. The standard InChI is InChI=1S/C23H26N4O7.C16H21NO4.C7H6N3O3/c1-14(28)23(26-25-19-7-6-18(27(31)32)13-22(19)34-4)20(30)12-17-11-16(5-8-21(17)33-3)9-10-24-15(2)29;1-11(18)8-15(20)10-14-9-13(4-5-16(14)21-3)6-7-17-12(2)19;1-13-7-4-5(10(11)12)2-3-6(7)9-8/h5-8,11,13,30H,9-10,12H2,1-4H3,(H,24,29);4-5,9H,6-8,10H2,1-3H3,(H,17,19);2-4H,1H3/q;;+1. The van der Waals surface area contributed by atoms with E-state index >= 15 is 0 Å². The van der Waals surface area contributed by atoms with Gasteiger partial charge in [-0.15, -0.1) is 10.2 Å². The van der Waals surface area contributed by atoms with Crippen molar-refractivity contribution in [3.8, 4) is 23.0 Å². The number of nitro groups is 2. The lowest BCUT2D eigenvalue weighted by molar-refractivity contribution is -0.385. The largest absolute Gasteiger partial charge is 0.509 e. The number of amides is 2. The molecule has 4 aromatic rings. The van der Waals surface area contributed by atoms with Gasteiger partial charge in [-0.25, -0.2) is 0 Å². The quantitative estimate of drug-likeness (QED) is 0.0138. The van der Waals surface area contributed by atoms with Gasteiger partial charge in [0.1, 0.15) is 34.5 Å². The number of ether oxygens (including phenoxy) is 4. The monoisotopic (exact) mass is 941 g/mol. The van der Waals surface area contributed by atoms with Crippen LogP contribution < -0.4 is 29.6 Å². The first-order valence-corrected chi connectivity index (χ1v) is 20.4. The number of non-ortho nitro benzene ring substituents is 2. The van der Waals surface area contributed by atoms with Crippen LogP contribution in [-0.4, -0.2) is 85.6 Å². The van der Waals surface area contributed by atoms with Crippen LogP contribution in [0.3, 0.4) is 0 Å². The third-order valence-corrected chi connectivity index (χ3v) is 9.18. The molecule has 0 saturated carbocycles. The molecule has 0 fully saturated rings. The van der Waals surface area contributed by atoms with E-state index in [1.54, 1.807) is 19.2 Å². The Balaban J connectivity index is 0.000000394. The van der Waals surface area contributed by atoms with Crippen LogP contribution in [0.1, 0.15) is 56.4 Å². The van der Waals surface area contributed by atoms with Gasteiger partial charge in [-0.1, -0.05) is 24.3 Å². The summed E-state index contributed by atoms with van der Waals surface area (Å²) in [5.74, 6) is 0.0844. The van der Waals surface area contributed by atoms with Crippen molar-refractivity contribution < 1.29 is 57.9 Å². The summed E-state index contributed by atoms with van der Waals surface area (Å²) in [5.41, 5.74) is 3.03. The number of Topliss-reactive ketones (excluding diaryl/α,β-unsaturated/α-hetero) is 3. The number of hydrogen-bond donors (Lipinski definition) is 3. The molecule has 0 aliphatic rings. The van der Waals surface area contributed by atoms with Crippen LogP contribution in [0.15, 0.2) is 94.5 Å². The molecule has 0 aliphatic heterocycles. The van der Waals surface area contributed by atoms with E-state index in [9.17, 15) is 49.3 Å². The van der Waals surface area contributed by atoms with E-state index < -0.39 is 15.6 Å². The lowest BCUT2D eigenvalue weighted by atomic mass is 10.0. The molecular formula is C46H53N8O14+. The van der Waals surface area contributed by atoms with Crippen molar-refractivity contribution in [1.82, 2.24) is 10.6 Å². The summed E-state index contributed by atoms with van der Waals surface area (Å²) in [4.78, 5) is 79.9. The number of nitrogens with zero attached hydrogens (tertiary/aromatic N) is 6. The lowest BCUT2D eigenvalue weighted by Crippen LogP contribution is -2.22. The molecule has 0 aromatic heterocycles. The molecule has 3 N–H and O–H groups in total. The van der Waals surface area contributed by atoms with Gasteiger partial charge < -0.3 is 34.7 Å². The van der Waals surface area contributed by atoms with Crippen LogP contribution in [0.2, 0.25) is 0 Å². The van der Waals surface area contributed by atoms with Gasteiger partial charge in [0.05, 0.1) is 56.8 Å². The van der Waals surface area contributed by atoms with Gasteiger partial charge in [0.2, 0.25) is 23.0 Å². The second-order valence-electron chi connectivity index (χ2n) is 14.4. The zero-order valence-corrected chi connectivity index (χ0v) is 38.8. The number of carbonyl (C=O) groups excluding carboxylic acids is 5. The van der Waals surface area contributed by atoms with Crippen LogP contribution in [-0.2, 0) is 49.7 Å². The number of ketones is 3. The number of hydrogen-bond acceptors (Lipinski definition) is 17. The number of azo groups is 1. The second kappa shape index (κ2) is 28.3. The van der Waals surface area contributed by atoms with Crippen LogP contribution in [0, 0.1) is 25.6 Å². The summed E-state index contributed by atoms with van der Waals surface area (Å²) in [6.07, 6.45) is 1.32. The Hall–Kier alpha value is -8.61. The SMILES string of the molecule is COc1cc([N+](=O)[O-])ccc1[N+]#N.COc1ccc(CCNC(C)=O)cc1CC(=O)CC(C)=O.COc1ccc(CCNC(C)=O)cc1CC(O)=C(N=Nc1ccc([N+](=O)[O-])cc1OC)C(C)=O. The minimum atomic E-state index is -0.576. The molecule has 0 spiro atoms. The molecule has 0 atom stereocenters. The highest BCUT2D eigenvalue weighted by Gasteiger charge is 2.20. The van der Waals surface area contributed by atoms with Gasteiger partial charge in [0, 0.05) is 76.0 Å². The molecule has 0 saturated heterocycles. The van der Waals surface area contributed by atoms with Crippen molar-refractivity contribution in [1.29, 1.82) is 5.39 Å². The zero-order chi connectivity index (χ0) is 50.9. The molecular weight excluding hydrogens is 889 g/mol. The molecule has 4 rings (SSSR count). The highest BCUT2D eigenvalue weighted by Crippen LogP contribution is 2.33. The average Bonchev–Trinajstić information content (AvgIpc) is 3.28. The number of carbonyl (C=O) groups is 5. The van der Waals surface area contributed by atoms with Gasteiger partial charge in [-0.05, 0) is 49.1 Å². The number of diazo groups is 1. The maximum absolute atomic E-state index is 12.2. The minimum Gasteiger partial charge on any atom is -0.509 e. The first-order chi connectivity index (χ1) is 32.3. The van der Waals surface area contributed by atoms with Gasteiger partial charge in [-0.2, -0.15) is 0 Å². The Labute approximate surface area is 391 Å². The van der Waals surface area contributed by atoms with E-state index in [4.69, 9.17) is 24.3 Å². The molecule has 22 nitrogen and oxygen atoms in total. The van der Waals surface area contributed by atoms with Gasteiger partial charge >= 0.3 is 5.69 Å². The molecule has 22 heteroatoms. The fraction of sp³-hybridized carbons (Fsp3) is 0.326. The van der Waals surface area contributed by atoms with Crippen molar-refractivity contribution in [2.24, 2.45) is 10.2 Å². The summed E-state index contributed by atoms with van der Waals surface area (Å²) < 4.78 is 20.5. The number of nitro benzene ring substituents is 2. The molecule has 360 valence electrons.